The average molecular weight is 390 g/mol. The summed E-state index contributed by atoms with van der Waals surface area (Å²) in [6.07, 6.45) is 1.15. The molecule has 1 saturated carbocycles. The lowest BCUT2D eigenvalue weighted by Gasteiger charge is -2.08. The van der Waals surface area contributed by atoms with Gasteiger partial charge in [-0.2, -0.15) is 0 Å². The molecule has 1 aliphatic carbocycles. The van der Waals surface area contributed by atoms with Gasteiger partial charge < -0.3 is 20.7 Å². The molecule has 1 fully saturated rings. The summed E-state index contributed by atoms with van der Waals surface area (Å²) in [5.41, 5.74) is 1.22. The number of aryl methyl sites for hydroxylation is 1. The van der Waals surface area contributed by atoms with E-state index in [-0.39, 0.29) is 43.4 Å². The van der Waals surface area contributed by atoms with Crippen LogP contribution in [0.1, 0.15) is 23.2 Å². The number of nitrogens with one attached hydrogen (secondary N) is 3. The molecule has 1 aromatic heterocycles. The molecule has 4 N–H and O–H groups in total. The summed E-state index contributed by atoms with van der Waals surface area (Å²) < 4.78 is 14.6. The number of hydrogen-bond donors (Lipinski definition) is 4. The van der Waals surface area contributed by atoms with Gasteiger partial charge >= 0.3 is 5.69 Å². The number of amides is 2. The first kappa shape index (κ1) is 19.8. The van der Waals surface area contributed by atoms with Crippen LogP contribution in [0, 0.1) is 5.92 Å². The van der Waals surface area contributed by atoms with Gasteiger partial charge in [-0.05, 0) is 25.0 Å². The zero-order valence-electron chi connectivity index (χ0n) is 15.4. The molecule has 0 aliphatic heterocycles. The molecule has 28 heavy (non-hydrogen) atoms. The molecular formula is C19H23FN4O4. The van der Waals surface area contributed by atoms with Crippen molar-refractivity contribution < 1.29 is 19.1 Å². The molecule has 0 spiro atoms. The first-order valence-electron chi connectivity index (χ1n) is 9.09. The molecule has 2 aromatic rings. The van der Waals surface area contributed by atoms with E-state index in [9.17, 15) is 23.9 Å². The summed E-state index contributed by atoms with van der Waals surface area (Å²) >= 11 is 0. The Labute approximate surface area is 160 Å². The van der Waals surface area contributed by atoms with Crippen molar-refractivity contribution in [3.63, 3.8) is 0 Å². The molecule has 0 radical (unpaired) electrons. The largest absolute Gasteiger partial charge is 0.390 e. The predicted molar refractivity (Wildman–Crippen MR) is 102 cm³/mol. The molecule has 3 atom stereocenters. The minimum absolute atomic E-state index is 0.0416. The number of carbonyl (C=O) groups is 2. The number of hydrogen-bond acceptors (Lipinski definition) is 4. The average Bonchev–Trinajstić information content (AvgIpc) is 3.16. The summed E-state index contributed by atoms with van der Waals surface area (Å²) in [4.78, 5) is 38.7. The number of imidazole rings is 1. The molecular weight excluding hydrogens is 367 g/mol. The number of aromatic nitrogens is 2. The molecule has 0 saturated heterocycles. The number of para-hydroxylation sites is 1. The van der Waals surface area contributed by atoms with Crippen LogP contribution in [0.4, 0.5) is 4.39 Å². The van der Waals surface area contributed by atoms with Crippen molar-refractivity contribution in [2.75, 3.05) is 13.1 Å². The van der Waals surface area contributed by atoms with Gasteiger partial charge in [0.1, 0.15) is 6.17 Å². The second kappa shape index (κ2) is 8.39. The number of nitrogens with zero attached hydrogens (tertiary/aromatic N) is 1. The minimum Gasteiger partial charge on any atom is -0.390 e. The zero-order chi connectivity index (χ0) is 20.3. The van der Waals surface area contributed by atoms with Crippen molar-refractivity contribution >= 4 is 22.8 Å². The second-order valence-electron chi connectivity index (χ2n) is 6.87. The van der Waals surface area contributed by atoms with Gasteiger partial charge in [-0.15, -0.1) is 0 Å². The third-order valence-electron chi connectivity index (χ3n) is 4.93. The van der Waals surface area contributed by atoms with Crippen molar-refractivity contribution in [2.45, 2.75) is 25.1 Å². The first-order valence-corrected chi connectivity index (χ1v) is 9.09. The van der Waals surface area contributed by atoms with Crippen LogP contribution in [-0.4, -0.2) is 51.8 Å². The van der Waals surface area contributed by atoms with Crippen LogP contribution in [0.25, 0.3) is 11.0 Å². The van der Waals surface area contributed by atoms with E-state index < -0.39 is 18.2 Å². The van der Waals surface area contributed by atoms with Crippen molar-refractivity contribution in [1.29, 1.82) is 0 Å². The Kier molecular flexibility index (Phi) is 5.93. The summed E-state index contributed by atoms with van der Waals surface area (Å²) in [6.45, 7) is 0.498. The third kappa shape index (κ3) is 4.14. The Hall–Kier alpha value is -2.94. The highest BCUT2D eigenvalue weighted by atomic mass is 19.1. The standard InChI is InChI=1S/C19H23FN4O4/c1-24-16-12(5-4-6-14(16)23-19(24)28)18(27)22-8-3-2-7-21-17(26)11-9-13(20)15(25)10-11/h2-6,11,13,15,25H,7-10H2,1H3,(H,21,26)(H,22,27)(H,23,28)/b3-2-/t11?,13-,15-/m1/s1. The first-order chi connectivity index (χ1) is 13.4. The monoisotopic (exact) mass is 390 g/mol. The maximum atomic E-state index is 13.3. The summed E-state index contributed by atoms with van der Waals surface area (Å²) in [5, 5.41) is 14.8. The maximum absolute atomic E-state index is 13.3. The number of aliphatic hydroxyl groups excluding tert-OH is 1. The van der Waals surface area contributed by atoms with Crippen molar-refractivity contribution in [3.05, 3.63) is 46.4 Å². The van der Waals surface area contributed by atoms with Gasteiger partial charge in [0, 0.05) is 26.1 Å². The molecule has 8 nitrogen and oxygen atoms in total. The molecule has 1 unspecified atom stereocenters. The fraction of sp³-hybridized carbons (Fsp3) is 0.421. The van der Waals surface area contributed by atoms with Crippen LogP contribution < -0.4 is 16.3 Å². The number of H-pyrrole nitrogens is 1. The minimum atomic E-state index is -1.34. The lowest BCUT2D eigenvalue weighted by Crippen LogP contribution is -2.30. The Morgan fingerprint density at radius 3 is 2.68 bits per heavy atom. The number of aromatic amines is 1. The highest BCUT2D eigenvalue weighted by molar-refractivity contribution is 6.05. The van der Waals surface area contributed by atoms with Gasteiger partial charge in [0.05, 0.1) is 22.7 Å². The van der Waals surface area contributed by atoms with Gasteiger partial charge in [0.2, 0.25) is 5.91 Å². The molecule has 150 valence electrons. The summed E-state index contributed by atoms with van der Waals surface area (Å²) in [5.74, 6) is -1.11. The number of fused-ring (bicyclic) bond motifs is 1. The van der Waals surface area contributed by atoms with E-state index in [1.54, 1.807) is 37.4 Å². The van der Waals surface area contributed by atoms with Crippen LogP contribution >= 0.6 is 0 Å². The van der Waals surface area contributed by atoms with E-state index >= 15 is 0 Å². The zero-order valence-corrected chi connectivity index (χ0v) is 15.4. The number of aliphatic hydroxyl groups is 1. The van der Waals surface area contributed by atoms with Crippen molar-refractivity contribution in [1.82, 2.24) is 20.2 Å². The van der Waals surface area contributed by atoms with Gasteiger partial charge in [-0.25, -0.2) is 9.18 Å². The molecule has 1 aromatic carbocycles. The lowest BCUT2D eigenvalue weighted by molar-refractivity contribution is -0.124. The van der Waals surface area contributed by atoms with Gasteiger partial charge in [-0.3, -0.25) is 14.2 Å². The normalized spacial score (nSPS) is 22.0. The highest BCUT2D eigenvalue weighted by Gasteiger charge is 2.36. The predicted octanol–water partition coefficient (Wildman–Crippen LogP) is 0.378. The number of carbonyl (C=O) groups excluding carboxylic acids is 2. The van der Waals surface area contributed by atoms with E-state index in [1.807, 2.05) is 0 Å². The number of halogens is 1. The Morgan fingerprint density at radius 2 is 2.00 bits per heavy atom. The topological polar surface area (TPSA) is 116 Å². The molecule has 1 heterocycles. The maximum Gasteiger partial charge on any atom is 0.326 e. The molecule has 2 amide bonds. The third-order valence-corrected chi connectivity index (χ3v) is 4.93. The SMILES string of the molecule is Cn1c(=O)[nH]c2cccc(C(=O)NC/C=C\CNC(=O)C3C[C@@H](O)[C@H](F)C3)c21. The number of rotatable bonds is 6. The quantitative estimate of drug-likeness (QED) is 0.534. The van der Waals surface area contributed by atoms with Crippen molar-refractivity contribution in [3.8, 4) is 0 Å². The van der Waals surface area contributed by atoms with E-state index in [1.165, 1.54) is 4.57 Å². The van der Waals surface area contributed by atoms with Crippen LogP contribution in [0.5, 0.6) is 0 Å². The molecule has 1 aliphatic rings. The van der Waals surface area contributed by atoms with Gasteiger partial charge in [-0.1, -0.05) is 18.2 Å². The number of benzene rings is 1. The number of alkyl halides is 1. The highest BCUT2D eigenvalue weighted by Crippen LogP contribution is 2.28. The van der Waals surface area contributed by atoms with Crippen LogP contribution in [-0.2, 0) is 11.8 Å². The van der Waals surface area contributed by atoms with Crippen LogP contribution in [0.15, 0.2) is 35.1 Å². The van der Waals surface area contributed by atoms with E-state index in [0.29, 0.717) is 16.6 Å². The summed E-state index contributed by atoms with van der Waals surface area (Å²) in [7, 11) is 1.59. The smallest absolute Gasteiger partial charge is 0.326 e. The van der Waals surface area contributed by atoms with Crippen molar-refractivity contribution in [2.24, 2.45) is 13.0 Å². The van der Waals surface area contributed by atoms with E-state index in [2.05, 4.69) is 15.6 Å². The fourth-order valence-corrected chi connectivity index (χ4v) is 3.39. The molecule has 9 heteroatoms. The lowest BCUT2D eigenvalue weighted by atomic mass is 10.1. The van der Waals surface area contributed by atoms with E-state index in [0.717, 1.165) is 0 Å². The summed E-state index contributed by atoms with van der Waals surface area (Å²) in [6, 6.07) is 5.06. The molecule has 0 bridgehead atoms. The van der Waals surface area contributed by atoms with Crippen LogP contribution in [0.2, 0.25) is 0 Å². The second-order valence-corrected chi connectivity index (χ2v) is 6.87. The van der Waals surface area contributed by atoms with Gasteiger partial charge in [0.15, 0.2) is 0 Å². The molecule has 3 rings (SSSR count). The Bertz CT molecular complexity index is 954. The Balaban J connectivity index is 1.47. The Morgan fingerprint density at radius 1 is 1.29 bits per heavy atom. The fourth-order valence-electron chi connectivity index (χ4n) is 3.39. The van der Waals surface area contributed by atoms with Gasteiger partial charge in [0.25, 0.3) is 5.91 Å². The van der Waals surface area contributed by atoms with Crippen LogP contribution in [0.3, 0.4) is 0 Å². The van der Waals surface area contributed by atoms with E-state index in [4.69, 9.17) is 0 Å².